The van der Waals surface area contributed by atoms with E-state index in [0.717, 1.165) is 6.07 Å². The van der Waals surface area contributed by atoms with Crippen LogP contribution in [0, 0.1) is 19.7 Å². The zero-order chi connectivity index (χ0) is 16.1. The summed E-state index contributed by atoms with van der Waals surface area (Å²) in [5, 5.41) is 13.7. The Balaban J connectivity index is 2.16. The van der Waals surface area contributed by atoms with Crippen molar-refractivity contribution in [1.82, 2.24) is 5.16 Å². The molecule has 1 aromatic heterocycles. The molecule has 8 heteroatoms. The van der Waals surface area contributed by atoms with Gasteiger partial charge in [-0.15, -0.1) is 0 Å². The molecule has 1 aliphatic heterocycles. The van der Waals surface area contributed by atoms with Gasteiger partial charge >= 0.3 is 0 Å². The Bertz CT molecular complexity index is 812. The Hall–Kier alpha value is -1.93. The Morgan fingerprint density at radius 3 is 2.77 bits per heavy atom. The Morgan fingerprint density at radius 2 is 2.14 bits per heavy atom. The molecule has 2 heterocycles. The van der Waals surface area contributed by atoms with Crippen molar-refractivity contribution in [3.05, 3.63) is 41.0 Å². The summed E-state index contributed by atoms with van der Waals surface area (Å²) in [6.45, 7) is 3.18. The van der Waals surface area contributed by atoms with Gasteiger partial charge in [-0.2, -0.15) is 0 Å². The van der Waals surface area contributed by atoms with Crippen molar-refractivity contribution in [1.29, 1.82) is 0 Å². The van der Waals surface area contributed by atoms with Crippen LogP contribution in [0.3, 0.4) is 0 Å². The molecule has 22 heavy (non-hydrogen) atoms. The molecule has 0 bridgehead atoms. The number of sulfonamides is 1. The third kappa shape index (κ3) is 2.19. The molecule has 0 saturated carbocycles. The molecule has 2 aromatic rings. The summed E-state index contributed by atoms with van der Waals surface area (Å²) in [5.74, 6) is -0.318. The van der Waals surface area contributed by atoms with Crippen LogP contribution in [0.25, 0.3) is 0 Å². The molecule has 0 saturated heterocycles. The van der Waals surface area contributed by atoms with Crippen LogP contribution in [0.15, 0.2) is 27.6 Å². The molecule has 1 atom stereocenters. The second-order valence-corrected chi connectivity index (χ2v) is 7.04. The third-order valence-electron chi connectivity index (χ3n) is 3.74. The molecular formula is C14H15FN2O4S. The molecule has 0 amide bonds. The zero-order valence-electron chi connectivity index (χ0n) is 12.1. The molecule has 0 spiro atoms. The summed E-state index contributed by atoms with van der Waals surface area (Å²) in [7, 11) is -3.89. The van der Waals surface area contributed by atoms with Gasteiger partial charge in [0.2, 0.25) is 0 Å². The Labute approximate surface area is 127 Å². The maximum absolute atomic E-state index is 13.4. The largest absolute Gasteiger partial charge is 0.388 e. The fraction of sp³-hybridized carbons (Fsp3) is 0.357. The van der Waals surface area contributed by atoms with Gasteiger partial charge < -0.3 is 9.63 Å². The predicted molar refractivity (Wildman–Crippen MR) is 76.5 cm³/mol. The number of hydrogen-bond donors (Lipinski definition) is 1. The number of benzene rings is 1. The maximum atomic E-state index is 13.4. The van der Waals surface area contributed by atoms with Crippen molar-refractivity contribution in [3.63, 3.8) is 0 Å². The number of hydrogen-bond acceptors (Lipinski definition) is 5. The number of anilines is 1. The highest BCUT2D eigenvalue weighted by atomic mass is 32.2. The van der Waals surface area contributed by atoms with Gasteiger partial charge in [0.1, 0.15) is 11.5 Å². The number of aryl methyl sites for hydroxylation is 2. The van der Waals surface area contributed by atoms with Gasteiger partial charge in [-0.3, -0.25) is 4.31 Å². The minimum Gasteiger partial charge on any atom is -0.388 e. The van der Waals surface area contributed by atoms with E-state index in [9.17, 15) is 17.9 Å². The molecule has 3 rings (SSSR count). The van der Waals surface area contributed by atoms with Gasteiger partial charge in [0.25, 0.3) is 10.0 Å². The number of rotatable bonds is 2. The first-order valence-electron chi connectivity index (χ1n) is 6.75. The monoisotopic (exact) mass is 326 g/mol. The van der Waals surface area contributed by atoms with E-state index in [1.165, 1.54) is 23.4 Å². The summed E-state index contributed by atoms with van der Waals surface area (Å²) < 4.78 is 45.3. The van der Waals surface area contributed by atoms with Crippen LogP contribution < -0.4 is 4.31 Å². The van der Waals surface area contributed by atoms with Gasteiger partial charge in [0, 0.05) is 12.1 Å². The number of halogens is 1. The predicted octanol–water partition coefficient (Wildman–Crippen LogP) is 2.06. The average molecular weight is 326 g/mol. The lowest BCUT2D eigenvalue weighted by Crippen LogP contribution is -2.37. The molecule has 1 unspecified atom stereocenters. The molecule has 0 aliphatic carbocycles. The van der Waals surface area contributed by atoms with Crippen molar-refractivity contribution in [3.8, 4) is 0 Å². The second kappa shape index (κ2) is 5.06. The lowest BCUT2D eigenvalue weighted by molar-refractivity contribution is 0.166. The molecule has 118 valence electrons. The lowest BCUT2D eigenvalue weighted by atomic mass is 10.0. The van der Waals surface area contributed by atoms with Crippen molar-refractivity contribution in [2.45, 2.75) is 31.3 Å². The third-order valence-corrected chi connectivity index (χ3v) is 5.80. The highest BCUT2D eigenvalue weighted by molar-refractivity contribution is 7.93. The number of aliphatic hydroxyl groups is 1. The van der Waals surface area contributed by atoms with Crippen LogP contribution in [0.5, 0.6) is 0 Å². The highest BCUT2D eigenvalue weighted by Gasteiger charge is 2.36. The van der Waals surface area contributed by atoms with E-state index in [0.29, 0.717) is 0 Å². The fourth-order valence-corrected chi connectivity index (χ4v) is 4.54. The molecule has 1 aliphatic rings. The Kier molecular flexibility index (Phi) is 3.45. The van der Waals surface area contributed by atoms with Gasteiger partial charge in [-0.25, -0.2) is 12.8 Å². The first-order valence-corrected chi connectivity index (χ1v) is 8.19. The summed E-state index contributed by atoms with van der Waals surface area (Å²) >= 11 is 0. The van der Waals surface area contributed by atoms with Crippen LogP contribution in [0.2, 0.25) is 0 Å². The van der Waals surface area contributed by atoms with Crippen LogP contribution in [0.1, 0.15) is 29.5 Å². The van der Waals surface area contributed by atoms with Crippen molar-refractivity contribution < 1.29 is 22.4 Å². The summed E-state index contributed by atoms with van der Waals surface area (Å²) in [6.07, 6.45) is -0.694. The van der Waals surface area contributed by atoms with Crippen LogP contribution >= 0.6 is 0 Å². The zero-order valence-corrected chi connectivity index (χ0v) is 12.9. The van der Waals surface area contributed by atoms with Gasteiger partial charge in [0.05, 0.1) is 11.8 Å². The maximum Gasteiger partial charge on any atom is 0.269 e. The summed E-state index contributed by atoms with van der Waals surface area (Å²) in [6, 6.07) is 3.70. The number of aliphatic hydroxyl groups excluding tert-OH is 1. The number of nitrogens with zero attached hydrogens (tertiary/aromatic N) is 2. The quantitative estimate of drug-likeness (QED) is 0.913. The minimum atomic E-state index is -3.89. The minimum absolute atomic E-state index is 0.0131. The van der Waals surface area contributed by atoms with Crippen LogP contribution in [0.4, 0.5) is 10.1 Å². The fourth-order valence-electron chi connectivity index (χ4n) is 2.74. The topological polar surface area (TPSA) is 83.6 Å². The lowest BCUT2D eigenvalue weighted by Gasteiger charge is -2.32. The van der Waals surface area contributed by atoms with E-state index in [4.69, 9.17) is 4.52 Å². The van der Waals surface area contributed by atoms with E-state index in [2.05, 4.69) is 5.16 Å². The SMILES string of the molecule is Cc1noc(C)c1S(=O)(=O)N1CCC(O)c2cc(F)ccc21. The molecule has 0 fully saturated rings. The first-order chi connectivity index (χ1) is 10.3. The molecule has 1 N–H and O–H groups in total. The standard InChI is InChI=1S/C14H15FN2O4S/c1-8-14(9(2)21-16-8)22(19,20)17-6-5-13(18)11-7-10(15)3-4-12(11)17/h3-4,7,13,18H,5-6H2,1-2H3. The van der Waals surface area contributed by atoms with E-state index < -0.39 is 21.9 Å². The van der Waals surface area contributed by atoms with Crippen LogP contribution in [-0.4, -0.2) is 25.2 Å². The van der Waals surface area contributed by atoms with E-state index in [1.807, 2.05) is 0 Å². The van der Waals surface area contributed by atoms with Crippen LogP contribution in [-0.2, 0) is 10.0 Å². The normalized spacial score (nSPS) is 18.4. The first kappa shape index (κ1) is 15.0. The smallest absolute Gasteiger partial charge is 0.269 e. The molecule has 1 aromatic carbocycles. The molecule has 0 radical (unpaired) electrons. The van der Waals surface area contributed by atoms with E-state index >= 15 is 0 Å². The van der Waals surface area contributed by atoms with Gasteiger partial charge in [0.15, 0.2) is 10.7 Å². The number of fused-ring (bicyclic) bond motifs is 1. The summed E-state index contributed by atoms with van der Waals surface area (Å²) in [4.78, 5) is 0.0131. The molecular weight excluding hydrogens is 311 g/mol. The van der Waals surface area contributed by atoms with E-state index in [1.54, 1.807) is 6.92 Å². The van der Waals surface area contributed by atoms with Crippen molar-refractivity contribution in [2.75, 3.05) is 10.8 Å². The van der Waals surface area contributed by atoms with Crippen molar-refractivity contribution >= 4 is 15.7 Å². The second-order valence-electron chi connectivity index (χ2n) is 5.24. The van der Waals surface area contributed by atoms with Gasteiger partial charge in [-0.05, 0) is 38.5 Å². The van der Waals surface area contributed by atoms with Gasteiger partial charge in [-0.1, -0.05) is 5.16 Å². The van der Waals surface area contributed by atoms with Crippen molar-refractivity contribution in [2.24, 2.45) is 0 Å². The number of aromatic nitrogens is 1. The highest BCUT2D eigenvalue weighted by Crippen LogP contribution is 2.38. The van der Waals surface area contributed by atoms with E-state index in [-0.39, 0.29) is 40.6 Å². The average Bonchev–Trinajstić information content (AvgIpc) is 2.79. The summed E-state index contributed by atoms with van der Waals surface area (Å²) in [5.41, 5.74) is 0.814. The Morgan fingerprint density at radius 1 is 1.41 bits per heavy atom. The molecule has 6 nitrogen and oxygen atoms in total.